The van der Waals surface area contributed by atoms with Crippen LogP contribution in [0.5, 0.6) is 0 Å². The predicted octanol–water partition coefficient (Wildman–Crippen LogP) is 7.10. The van der Waals surface area contributed by atoms with Crippen molar-refractivity contribution >= 4 is 11.6 Å². The fourth-order valence-electron chi connectivity index (χ4n) is 2.73. The average Bonchev–Trinajstić information content (AvgIpc) is 3.28. The van der Waals surface area contributed by atoms with Crippen molar-refractivity contribution in [1.29, 1.82) is 0 Å². The first-order valence-corrected chi connectivity index (χ1v) is 10.3. The minimum atomic E-state index is 0.875. The summed E-state index contributed by atoms with van der Waals surface area (Å²) in [5, 5.41) is 0. The molecule has 2 aromatic heterocycles. The zero-order valence-electron chi connectivity index (χ0n) is 17.2. The van der Waals surface area contributed by atoms with Gasteiger partial charge in [-0.15, -0.1) is 0 Å². The highest BCUT2D eigenvalue weighted by Gasteiger charge is 1.96. The van der Waals surface area contributed by atoms with Crippen molar-refractivity contribution < 1.29 is 0 Å². The van der Waals surface area contributed by atoms with Crippen LogP contribution in [0.4, 0.5) is 0 Å². The van der Waals surface area contributed by atoms with E-state index < -0.39 is 0 Å². The van der Waals surface area contributed by atoms with Crippen LogP contribution in [0.1, 0.15) is 50.4 Å². The molecule has 0 saturated carbocycles. The van der Waals surface area contributed by atoms with Crippen molar-refractivity contribution in [2.45, 2.75) is 39.0 Å². The molecule has 0 saturated heterocycles. The molecule has 3 heteroatoms. The number of aromatic amines is 1. The summed E-state index contributed by atoms with van der Waals surface area (Å²) in [7, 11) is 0. The van der Waals surface area contributed by atoms with E-state index in [0.717, 1.165) is 37.9 Å². The van der Waals surface area contributed by atoms with Gasteiger partial charge < -0.3 is 4.98 Å². The standard InChI is InChI=1S/C26H31N3/c1-2-24(25-18-20-27-21-19-25)16-14-12-10-8-6-4-3-5-7-9-11-13-15-17-26-28-22-23-29-26/h4-7,10-13,15-23H,2-3,8-9,14H2,1H3,(H,28,29)/b6-4+,7-5+,12-10+,13-11+,17-15+,24-16+. The maximum Gasteiger partial charge on any atom is 0.129 e. The Hall–Kier alpha value is -3.20. The number of imidazole rings is 1. The Morgan fingerprint density at radius 1 is 0.828 bits per heavy atom. The van der Waals surface area contributed by atoms with Crippen molar-refractivity contribution in [1.82, 2.24) is 15.0 Å². The lowest BCUT2D eigenvalue weighted by Crippen LogP contribution is -1.83. The number of pyridine rings is 1. The highest BCUT2D eigenvalue weighted by molar-refractivity contribution is 5.64. The van der Waals surface area contributed by atoms with Gasteiger partial charge in [-0.25, -0.2) is 4.98 Å². The van der Waals surface area contributed by atoms with E-state index in [1.54, 1.807) is 6.20 Å². The molecule has 1 N–H and O–H groups in total. The Morgan fingerprint density at radius 2 is 1.48 bits per heavy atom. The first-order valence-electron chi connectivity index (χ1n) is 10.3. The summed E-state index contributed by atoms with van der Waals surface area (Å²) in [6, 6.07) is 4.14. The van der Waals surface area contributed by atoms with Crippen LogP contribution in [0.3, 0.4) is 0 Å². The number of rotatable bonds is 12. The molecule has 0 atom stereocenters. The third-order valence-corrected chi connectivity index (χ3v) is 4.27. The molecular weight excluding hydrogens is 354 g/mol. The predicted molar refractivity (Wildman–Crippen MR) is 125 cm³/mol. The molecule has 0 aliphatic heterocycles. The molecule has 0 unspecified atom stereocenters. The molecule has 150 valence electrons. The Kier molecular flexibility index (Phi) is 11.3. The highest BCUT2D eigenvalue weighted by atomic mass is 14.9. The lowest BCUT2D eigenvalue weighted by atomic mass is 10.0. The first-order chi connectivity index (χ1) is 14.4. The van der Waals surface area contributed by atoms with Gasteiger partial charge in [0.05, 0.1) is 0 Å². The second-order valence-corrected chi connectivity index (χ2v) is 6.44. The van der Waals surface area contributed by atoms with Crippen molar-refractivity contribution in [3.8, 4) is 0 Å². The molecule has 0 aliphatic rings. The van der Waals surface area contributed by atoms with Gasteiger partial charge in [0.25, 0.3) is 0 Å². The Balaban J connectivity index is 1.55. The van der Waals surface area contributed by atoms with E-state index in [1.165, 1.54) is 11.1 Å². The van der Waals surface area contributed by atoms with Gasteiger partial charge in [0, 0.05) is 24.8 Å². The van der Waals surface area contributed by atoms with Crippen LogP contribution in [0.25, 0.3) is 11.6 Å². The summed E-state index contributed by atoms with van der Waals surface area (Å²) in [5.41, 5.74) is 2.65. The van der Waals surface area contributed by atoms with Crippen LogP contribution >= 0.6 is 0 Å². The molecule has 2 aromatic rings. The van der Waals surface area contributed by atoms with Gasteiger partial charge in [0.2, 0.25) is 0 Å². The Labute approximate surface area is 175 Å². The van der Waals surface area contributed by atoms with E-state index in [4.69, 9.17) is 0 Å². The molecule has 2 heterocycles. The van der Waals surface area contributed by atoms with Gasteiger partial charge in [0.15, 0.2) is 0 Å². The topological polar surface area (TPSA) is 41.6 Å². The lowest BCUT2D eigenvalue weighted by molar-refractivity contribution is 1.20. The van der Waals surface area contributed by atoms with Gasteiger partial charge in [-0.05, 0) is 61.4 Å². The molecule has 0 bridgehead atoms. The van der Waals surface area contributed by atoms with Gasteiger partial charge in [0.1, 0.15) is 5.82 Å². The number of nitrogens with one attached hydrogen (secondary N) is 1. The average molecular weight is 386 g/mol. The van der Waals surface area contributed by atoms with Gasteiger partial charge in [-0.2, -0.15) is 0 Å². The Bertz CT molecular complexity index is 835. The maximum absolute atomic E-state index is 4.13. The molecule has 0 amide bonds. The van der Waals surface area contributed by atoms with Crippen LogP contribution < -0.4 is 0 Å². The van der Waals surface area contributed by atoms with Crippen LogP contribution in [0, 0.1) is 0 Å². The zero-order chi connectivity index (χ0) is 20.4. The number of hydrogen-bond acceptors (Lipinski definition) is 2. The number of nitrogens with zero attached hydrogens (tertiary/aromatic N) is 2. The van der Waals surface area contributed by atoms with E-state index in [9.17, 15) is 0 Å². The summed E-state index contributed by atoms with van der Waals surface area (Å²) in [6.07, 6.45) is 35.9. The molecule has 0 aliphatic carbocycles. The van der Waals surface area contributed by atoms with Gasteiger partial charge in [-0.3, -0.25) is 4.98 Å². The lowest BCUT2D eigenvalue weighted by Gasteiger charge is -2.03. The normalized spacial score (nSPS) is 13.2. The van der Waals surface area contributed by atoms with E-state index in [1.807, 2.05) is 36.8 Å². The van der Waals surface area contributed by atoms with Crippen molar-refractivity contribution in [2.24, 2.45) is 0 Å². The number of H-pyrrole nitrogens is 1. The summed E-state index contributed by atoms with van der Waals surface area (Å²) in [5.74, 6) is 0.875. The van der Waals surface area contributed by atoms with Crippen molar-refractivity contribution in [2.75, 3.05) is 0 Å². The molecule has 2 rings (SSSR count). The quantitative estimate of drug-likeness (QED) is 0.313. The SMILES string of the molecule is CC/C(=C\C/C=C/C/C=C/C/C=C/C/C=C/C=C/c1ncc[nH]1)c1ccncc1. The number of aromatic nitrogens is 3. The molecule has 0 aromatic carbocycles. The van der Waals surface area contributed by atoms with Crippen LogP contribution in [-0.2, 0) is 0 Å². The summed E-state index contributed by atoms with van der Waals surface area (Å²) in [6.45, 7) is 2.19. The number of hydrogen-bond donors (Lipinski definition) is 1. The minimum Gasteiger partial charge on any atom is -0.345 e. The van der Waals surface area contributed by atoms with E-state index in [-0.39, 0.29) is 0 Å². The largest absolute Gasteiger partial charge is 0.345 e. The summed E-state index contributed by atoms with van der Waals surface area (Å²) in [4.78, 5) is 11.2. The first kappa shape index (κ1) is 22.1. The second-order valence-electron chi connectivity index (χ2n) is 6.44. The van der Waals surface area contributed by atoms with Crippen LogP contribution in [0.2, 0.25) is 0 Å². The molecule has 29 heavy (non-hydrogen) atoms. The fourth-order valence-corrected chi connectivity index (χ4v) is 2.73. The zero-order valence-corrected chi connectivity index (χ0v) is 17.2. The Morgan fingerprint density at radius 3 is 2.10 bits per heavy atom. The molecule has 0 radical (unpaired) electrons. The maximum atomic E-state index is 4.13. The molecular formula is C26H31N3. The van der Waals surface area contributed by atoms with Crippen molar-refractivity contribution in [3.05, 3.63) is 109 Å². The third-order valence-electron chi connectivity index (χ3n) is 4.27. The van der Waals surface area contributed by atoms with Crippen molar-refractivity contribution in [3.63, 3.8) is 0 Å². The number of allylic oxidation sites excluding steroid dienone is 11. The monoisotopic (exact) mass is 385 g/mol. The van der Waals surface area contributed by atoms with E-state index in [0.29, 0.717) is 0 Å². The summed E-state index contributed by atoms with van der Waals surface area (Å²) >= 11 is 0. The minimum absolute atomic E-state index is 0.875. The molecule has 0 fully saturated rings. The smallest absolute Gasteiger partial charge is 0.129 e. The van der Waals surface area contributed by atoms with E-state index in [2.05, 4.69) is 82.6 Å². The fraction of sp³-hybridized carbons (Fsp3) is 0.231. The third kappa shape index (κ3) is 10.1. The van der Waals surface area contributed by atoms with Gasteiger partial charge in [-0.1, -0.05) is 67.7 Å². The second kappa shape index (κ2) is 14.8. The van der Waals surface area contributed by atoms with Gasteiger partial charge >= 0.3 is 0 Å². The molecule has 3 nitrogen and oxygen atoms in total. The highest BCUT2D eigenvalue weighted by Crippen LogP contribution is 2.17. The van der Waals surface area contributed by atoms with Crippen LogP contribution in [0.15, 0.2) is 97.7 Å². The van der Waals surface area contributed by atoms with Crippen LogP contribution in [-0.4, -0.2) is 15.0 Å². The summed E-state index contributed by atoms with van der Waals surface area (Å²) < 4.78 is 0. The van der Waals surface area contributed by atoms with E-state index >= 15 is 0 Å². The molecule has 0 spiro atoms.